The molecule has 0 amide bonds. The summed E-state index contributed by atoms with van der Waals surface area (Å²) in [6.07, 6.45) is -1.61. The van der Waals surface area contributed by atoms with Crippen LogP contribution in [0.3, 0.4) is 0 Å². The van der Waals surface area contributed by atoms with Gasteiger partial charge in [-0.05, 0) is 6.42 Å². The van der Waals surface area contributed by atoms with E-state index in [-0.39, 0.29) is 0 Å². The molecule has 0 heterocycles. The first-order valence-electron chi connectivity index (χ1n) is 3.86. The Kier molecular flexibility index (Phi) is 2.48. The van der Waals surface area contributed by atoms with Crippen LogP contribution >= 0.6 is 7.60 Å². The van der Waals surface area contributed by atoms with Crippen LogP contribution in [-0.2, 0) is 9.36 Å². The van der Waals surface area contributed by atoms with E-state index in [9.17, 15) is 13.8 Å². The molecule has 14 heavy (non-hydrogen) atoms. The Morgan fingerprint density at radius 1 is 1.57 bits per heavy atom. The minimum absolute atomic E-state index is 0.394. The molecule has 0 aliphatic heterocycles. The van der Waals surface area contributed by atoms with E-state index in [0.717, 1.165) is 0 Å². The summed E-state index contributed by atoms with van der Waals surface area (Å²) < 4.78 is 23.9. The van der Waals surface area contributed by atoms with Gasteiger partial charge in [0.05, 0.1) is 6.16 Å². The summed E-state index contributed by atoms with van der Waals surface area (Å²) in [4.78, 5) is 27.4. The second kappa shape index (κ2) is 3.00. The number of carbonyl (C=O) groups is 1. The monoisotopic (exact) mass is 227 g/mol. The molecule has 1 unspecified atom stereocenters. The molecular formula is C6H11FNO5P. The van der Waals surface area contributed by atoms with Gasteiger partial charge in [0.15, 0.2) is 5.54 Å². The summed E-state index contributed by atoms with van der Waals surface area (Å²) in [5, 5.41) is 8.52. The van der Waals surface area contributed by atoms with Crippen molar-refractivity contribution in [3.8, 4) is 0 Å². The van der Waals surface area contributed by atoms with Crippen molar-refractivity contribution in [2.45, 2.75) is 24.0 Å². The highest BCUT2D eigenvalue weighted by molar-refractivity contribution is 7.51. The van der Waals surface area contributed by atoms with E-state index in [1.54, 1.807) is 0 Å². The number of hydrogen-bond donors (Lipinski definition) is 4. The van der Waals surface area contributed by atoms with Gasteiger partial charge < -0.3 is 20.6 Å². The lowest BCUT2D eigenvalue weighted by molar-refractivity contribution is -0.140. The minimum Gasteiger partial charge on any atom is -0.480 e. The molecular weight excluding hydrogens is 216 g/mol. The van der Waals surface area contributed by atoms with Gasteiger partial charge in [0.1, 0.15) is 5.67 Å². The molecule has 1 aliphatic carbocycles. The van der Waals surface area contributed by atoms with Crippen LogP contribution in [0.4, 0.5) is 4.39 Å². The Bertz CT molecular complexity index is 317. The summed E-state index contributed by atoms with van der Waals surface area (Å²) in [6, 6.07) is 0. The number of nitrogens with two attached hydrogens (primary N) is 1. The normalized spacial score (nSPS) is 36.9. The lowest BCUT2D eigenvalue weighted by Gasteiger charge is -2.11. The Hall–Kier alpha value is -0.490. The van der Waals surface area contributed by atoms with Crippen LogP contribution in [0.25, 0.3) is 0 Å². The average Bonchev–Trinajstić information content (AvgIpc) is 2.53. The van der Waals surface area contributed by atoms with Gasteiger partial charge >= 0.3 is 13.6 Å². The van der Waals surface area contributed by atoms with Gasteiger partial charge in [0, 0.05) is 6.42 Å². The molecule has 82 valence electrons. The van der Waals surface area contributed by atoms with Crippen molar-refractivity contribution >= 4 is 13.6 Å². The third-order valence-corrected chi connectivity index (χ3v) is 3.22. The maximum Gasteiger partial charge on any atom is 0.327 e. The molecule has 0 aromatic heterocycles. The van der Waals surface area contributed by atoms with Crippen molar-refractivity contribution in [1.29, 1.82) is 0 Å². The summed E-state index contributed by atoms with van der Waals surface area (Å²) >= 11 is 0. The number of carboxylic acids is 1. The molecule has 1 fully saturated rings. The summed E-state index contributed by atoms with van der Waals surface area (Å²) in [6.45, 7) is 0. The fourth-order valence-electron chi connectivity index (χ4n) is 1.30. The maximum atomic E-state index is 13.5. The number of carboxylic acid groups (broad SMARTS) is 1. The first-order valence-corrected chi connectivity index (χ1v) is 5.66. The lowest BCUT2D eigenvalue weighted by atomic mass is 10.1. The van der Waals surface area contributed by atoms with Crippen molar-refractivity contribution in [2.24, 2.45) is 5.73 Å². The molecule has 1 rings (SSSR count). The smallest absolute Gasteiger partial charge is 0.327 e. The number of rotatable bonds is 4. The molecule has 8 heteroatoms. The van der Waals surface area contributed by atoms with Gasteiger partial charge in [-0.3, -0.25) is 9.36 Å². The van der Waals surface area contributed by atoms with Crippen molar-refractivity contribution in [1.82, 2.24) is 0 Å². The number of alkyl halides is 1. The molecule has 0 aromatic carbocycles. The zero-order chi connectivity index (χ0) is 11.2. The molecule has 0 saturated heterocycles. The molecule has 1 saturated carbocycles. The van der Waals surface area contributed by atoms with E-state index in [1.807, 2.05) is 0 Å². The predicted octanol–water partition coefficient (Wildman–Crippen LogP) is -0.552. The van der Waals surface area contributed by atoms with Gasteiger partial charge in [-0.2, -0.15) is 0 Å². The fraction of sp³-hybridized carbons (Fsp3) is 0.833. The molecule has 0 bridgehead atoms. The summed E-state index contributed by atoms with van der Waals surface area (Å²) in [5.74, 6) is -1.48. The van der Waals surface area contributed by atoms with Gasteiger partial charge in [0.2, 0.25) is 0 Å². The predicted molar refractivity (Wildman–Crippen MR) is 44.5 cm³/mol. The van der Waals surface area contributed by atoms with Gasteiger partial charge in [-0.15, -0.1) is 0 Å². The molecule has 0 spiro atoms. The standard InChI is InChI=1S/C6H11FNO5P/c7-5(1-2-14(11,12)13)3-6(5,8)4(9)10/h1-3,8H2,(H,9,10)(H2,11,12,13)/t5-,6?/m0/s1. The zero-order valence-corrected chi connectivity index (χ0v) is 8.08. The first-order chi connectivity index (χ1) is 6.11. The molecule has 2 atom stereocenters. The average molecular weight is 227 g/mol. The van der Waals surface area contributed by atoms with E-state index >= 15 is 0 Å². The fourth-order valence-corrected chi connectivity index (χ4v) is 1.95. The van der Waals surface area contributed by atoms with E-state index in [2.05, 4.69) is 0 Å². The van der Waals surface area contributed by atoms with Crippen molar-refractivity contribution in [3.63, 3.8) is 0 Å². The number of aliphatic carboxylic acids is 1. The minimum atomic E-state index is -4.30. The van der Waals surface area contributed by atoms with Crippen LogP contribution in [0.1, 0.15) is 12.8 Å². The van der Waals surface area contributed by atoms with E-state index in [4.69, 9.17) is 20.6 Å². The van der Waals surface area contributed by atoms with Crippen molar-refractivity contribution < 1.29 is 28.6 Å². The zero-order valence-electron chi connectivity index (χ0n) is 7.18. The quantitative estimate of drug-likeness (QED) is 0.478. The molecule has 1 aliphatic rings. The first kappa shape index (κ1) is 11.6. The number of halogens is 1. The van der Waals surface area contributed by atoms with E-state index < -0.39 is 43.8 Å². The Labute approximate surface area is 79.1 Å². The topological polar surface area (TPSA) is 121 Å². The van der Waals surface area contributed by atoms with Crippen LogP contribution in [0, 0.1) is 0 Å². The highest BCUT2D eigenvalue weighted by Gasteiger charge is 2.72. The second-order valence-corrected chi connectivity index (χ2v) is 5.33. The molecule has 6 nitrogen and oxygen atoms in total. The van der Waals surface area contributed by atoms with Crippen LogP contribution in [0.15, 0.2) is 0 Å². The van der Waals surface area contributed by atoms with Gasteiger partial charge in [-0.25, -0.2) is 4.39 Å². The van der Waals surface area contributed by atoms with Crippen molar-refractivity contribution in [3.05, 3.63) is 0 Å². The number of hydrogen-bond acceptors (Lipinski definition) is 3. The van der Waals surface area contributed by atoms with E-state index in [1.165, 1.54) is 0 Å². The molecule has 0 aromatic rings. The highest BCUT2D eigenvalue weighted by atomic mass is 31.2. The third kappa shape index (κ3) is 1.95. The highest BCUT2D eigenvalue weighted by Crippen LogP contribution is 2.54. The molecule has 0 radical (unpaired) electrons. The second-order valence-electron chi connectivity index (χ2n) is 3.56. The largest absolute Gasteiger partial charge is 0.480 e. The van der Waals surface area contributed by atoms with Crippen LogP contribution < -0.4 is 5.73 Å². The Balaban J connectivity index is 2.57. The van der Waals surface area contributed by atoms with Crippen LogP contribution in [-0.4, -0.2) is 38.2 Å². The SMILES string of the molecule is NC1(C(=O)O)C[C@@]1(F)CCP(=O)(O)O. The van der Waals surface area contributed by atoms with Gasteiger partial charge in [-0.1, -0.05) is 0 Å². The van der Waals surface area contributed by atoms with Crippen molar-refractivity contribution in [2.75, 3.05) is 6.16 Å². The van der Waals surface area contributed by atoms with Gasteiger partial charge in [0.25, 0.3) is 0 Å². The maximum absolute atomic E-state index is 13.5. The Morgan fingerprint density at radius 3 is 2.36 bits per heavy atom. The van der Waals surface area contributed by atoms with Crippen LogP contribution in [0.5, 0.6) is 0 Å². The Morgan fingerprint density at radius 2 is 2.07 bits per heavy atom. The van der Waals surface area contributed by atoms with E-state index in [0.29, 0.717) is 0 Å². The third-order valence-electron chi connectivity index (χ3n) is 2.41. The lowest BCUT2D eigenvalue weighted by Crippen LogP contribution is -2.40. The molecule has 5 N–H and O–H groups in total. The van der Waals surface area contributed by atoms with Crippen LogP contribution in [0.2, 0.25) is 0 Å². The summed E-state index contributed by atoms with van der Waals surface area (Å²) in [5.41, 5.74) is 1.02. The summed E-state index contributed by atoms with van der Waals surface area (Å²) in [7, 11) is -4.30.